The fourth-order valence-corrected chi connectivity index (χ4v) is 2.58. The zero-order chi connectivity index (χ0) is 17.5. The molecule has 2 rings (SSSR count). The van der Waals surface area contributed by atoms with Crippen LogP contribution in [0.15, 0.2) is 42.5 Å². The molecule has 2 aromatic carbocycles. The molecule has 1 amide bonds. The van der Waals surface area contributed by atoms with Crippen molar-refractivity contribution in [3.63, 3.8) is 0 Å². The molecule has 24 heavy (non-hydrogen) atoms. The number of carbonyl (C=O) groups excluding carboxylic acids is 1. The molecule has 126 valence electrons. The molecule has 0 aromatic heterocycles. The van der Waals surface area contributed by atoms with Crippen molar-refractivity contribution in [1.82, 2.24) is 5.32 Å². The van der Waals surface area contributed by atoms with Gasteiger partial charge in [-0.15, -0.1) is 0 Å². The van der Waals surface area contributed by atoms with Crippen LogP contribution in [0.2, 0.25) is 10.0 Å². The minimum atomic E-state index is -0.953. The van der Waals surface area contributed by atoms with E-state index in [1.54, 1.807) is 18.2 Å². The van der Waals surface area contributed by atoms with E-state index in [0.29, 0.717) is 21.4 Å². The first kappa shape index (κ1) is 18.1. The first-order valence-corrected chi connectivity index (χ1v) is 8.00. The average molecular weight is 367 g/mol. The van der Waals surface area contributed by atoms with E-state index in [0.717, 1.165) is 5.56 Å². The molecule has 0 aliphatic carbocycles. The lowest BCUT2D eigenvalue weighted by atomic mass is 10.1. The van der Waals surface area contributed by atoms with Crippen LogP contribution < -0.4 is 10.6 Å². The zero-order valence-electron chi connectivity index (χ0n) is 12.7. The monoisotopic (exact) mass is 366 g/mol. The minimum Gasteiger partial charge on any atom is -0.481 e. The highest BCUT2D eigenvalue weighted by Gasteiger charge is 2.11. The number of para-hydroxylation sites is 2. The fraction of sp³-hybridized carbons (Fsp3) is 0.176. The third kappa shape index (κ3) is 5.15. The van der Waals surface area contributed by atoms with Gasteiger partial charge in [-0.25, -0.2) is 0 Å². The Bertz CT molecular complexity index is 730. The third-order valence-electron chi connectivity index (χ3n) is 3.25. The Balaban J connectivity index is 2.10. The van der Waals surface area contributed by atoms with E-state index in [9.17, 15) is 9.59 Å². The summed E-state index contributed by atoms with van der Waals surface area (Å²) in [5.74, 6) is -1.21. The summed E-state index contributed by atoms with van der Waals surface area (Å²) >= 11 is 12.3. The first-order valence-electron chi connectivity index (χ1n) is 7.25. The lowest BCUT2D eigenvalue weighted by Gasteiger charge is -2.14. The van der Waals surface area contributed by atoms with Crippen LogP contribution in [0.1, 0.15) is 12.0 Å². The van der Waals surface area contributed by atoms with Crippen LogP contribution in [0.4, 0.5) is 11.4 Å². The average Bonchev–Trinajstić information content (AvgIpc) is 2.52. The second kappa shape index (κ2) is 8.57. The number of halogens is 2. The number of amides is 1. The van der Waals surface area contributed by atoms with E-state index in [1.807, 2.05) is 24.3 Å². The molecule has 0 heterocycles. The van der Waals surface area contributed by atoms with Gasteiger partial charge in [-0.3, -0.25) is 9.59 Å². The fourth-order valence-electron chi connectivity index (χ4n) is 2.09. The van der Waals surface area contributed by atoms with Crippen LogP contribution in [0, 0.1) is 0 Å². The van der Waals surface area contributed by atoms with Gasteiger partial charge in [0.2, 0.25) is 5.91 Å². The molecular formula is C17H16Cl2N2O3. The first-order chi connectivity index (χ1) is 11.5. The van der Waals surface area contributed by atoms with Crippen molar-refractivity contribution >= 4 is 46.5 Å². The summed E-state index contributed by atoms with van der Waals surface area (Å²) in [6.45, 7) is 0.0973. The Morgan fingerprint density at radius 2 is 1.67 bits per heavy atom. The second-order valence-electron chi connectivity index (χ2n) is 5.05. The van der Waals surface area contributed by atoms with Crippen LogP contribution in [-0.2, 0) is 16.0 Å². The highest BCUT2D eigenvalue weighted by molar-refractivity contribution is 6.39. The maximum absolute atomic E-state index is 11.9. The number of benzene rings is 2. The lowest BCUT2D eigenvalue weighted by molar-refractivity contribution is -0.136. The molecule has 5 nitrogen and oxygen atoms in total. The molecule has 0 atom stereocenters. The molecule has 0 fully saturated rings. The van der Waals surface area contributed by atoms with Crippen LogP contribution >= 0.6 is 23.2 Å². The molecule has 0 spiro atoms. The molecule has 7 heteroatoms. The molecule has 3 N–H and O–H groups in total. The van der Waals surface area contributed by atoms with Crippen molar-refractivity contribution in [3.8, 4) is 0 Å². The number of aliphatic carboxylic acids is 1. The molecule has 0 radical (unpaired) electrons. The quantitative estimate of drug-likeness (QED) is 0.694. The summed E-state index contributed by atoms with van der Waals surface area (Å²) in [5, 5.41) is 15.3. The summed E-state index contributed by atoms with van der Waals surface area (Å²) in [6.07, 6.45) is 0.00569. The van der Waals surface area contributed by atoms with E-state index in [2.05, 4.69) is 10.6 Å². The Kier molecular flexibility index (Phi) is 6.46. The zero-order valence-corrected chi connectivity index (χ0v) is 14.2. The van der Waals surface area contributed by atoms with Gasteiger partial charge in [0, 0.05) is 12.2 Å². The van der Waals surface area contributed by atoms with Crippen molar-refractivity contribution in [2.75, 3.05) is 11.9 Å². The van der Waals surface area contributed by atoms with Gasteiger partial charge in [0.05, 0.1) is 28.6 Å². The highest BCUT2D eigenvalue weighted by Crippen LogP contribution is 2.33. The van der Waals surface area contributed by atoms with Gasteiger partial charge in [-0.1, -0.05) is 47.5 Å². The number of hydrogen-bond acceptors (Lipinski definition) is 3. The maximum atomic E-state index is 11.9. The van der Waals surface area contributed by atoms with E-state index < -0.39 is 5.97 Å². The summed E-state index contributed by atoms with van der Waals surface area (Å²) in [5.41, 5.74) is 2.03. The van der Waals surface area contributed by atoms with E-state index in [1.165, 1.54) is 0 Å². The van der Waals surface area contributed by atoms with E-state index in [-0.39, 0.29) is 25.3 Å². The summed E-state index contributed by atoms with van der Waals surface area (Å²) in [6, 6.07) is 12.5. The molecule has 0 aliphatic heterocycles. The van der Waals surface area contributed by atoms with E-state index >= 15 is 0 Å². The van der Waals surface area contributed by atoms with Crippen molar-refractivity contribution < 1.29 is 14.7 Å². The molecule has 0 unspecified atom stereocenters. The third-order valence-corrected chi connectivity index (χ3v) is 3.88. The van der Waals surface area contributed by atoms with Crippen molar-refractivity contribution in [3.05, 3.63) is 58.1 Å². The van der Waals surface area contributed by atoms with Crippen LogP contribution in [0.3, 0.4) is 0 Å². The van der Waals surface area contributed by atoms with Crippen molar-refractivity contribution in [2.24, 2.45) is 0 Å². The predicted octanol–water partition coefficient (Wildman–Crippen LogP) is 3.87. The molecular weight excluding hydrogens is 351 g/mol. The predicted molar refractivity (Wildman–Crippen MR) is 95.2 cm³/mol. The normalized spacial score (nSPS) is 10.2. The van der Waals surface area contributed by atoms with Gasteiger partial charge in [-0.2, -0.15) is 0 Å². The standard InChI is InChI=1S/C17H16Cl2N2O3/c18-12-5-3-6-13(19)17(12)21-14-7-2-1-4-11(14)10-15(22)20-9-8-16(23)24/h1-7,21H,8-10H2,(H,20,22)(H,23,24). The van der Waals surface area contributed by atoms with Gasteiger partial charge in [0.15, 0.2) is 0 Å². The van der Waals surface area contributed by atoms with E-state index in [4.69, 9.17) is 28.3 Å². The molecule has 2 aromatic rings. The summed E-state index contributed by atoms with van der Waals surface area (Å²) in [4.78, 5) is 22.4. The van der Waals surface area contributed by atoms with Crippen molar-refractivity contribution in [2.45, 2.75) is 12.8 Å². The number of carboxylic acid groups (broad SMARTS) is 1. The number of carbonyl (C=O) groups is 2. The van der Waals surface area contributed by atoms with Gasteiger partial charge < -0.3 is 15.7 Å². The number of rotatable bonds is 7. The Morgan fingerprint density at radius 1 is 1.00 bits per heavy atom. The number of carboxylic acids is 1. The van der Waals surface area contributed by atoms with Gasteiger partial charge >= 0.3 is 5.97 Å². The van der Waals surface area contributed by atoms with Crippen LogP contribution in [0.5, 0.6) is 0 Å². The largest absolute Gasteiger partial charge is 0.481 e. The van der Waals surface area contributed by atoms with Gasteiger partial charge in [0.1, 0.15) is 0 Å². The maximum Gasteiger partial charge on any atom is 0.305 e. The Hall–Kier alpha value is -2.24. The minimum absolute atomic E-state index is 0.0973. The SMILES string of the molecule is O=C(O)CCNC(=O)Cc1ccccc1Nc1c(Cl)cccc1Cl. The molecule has 0 aliphatic rings. The Labute approximate surface area is 149 Å². The number of hydrogen-bond donors (Lipinski definition) is 3. The smallest absolute Gasteiger partial charge is 0.305 e. The highest BCUT2D eigenvalue weighted by atomic mass is 35.5. The molecule has 0 bridgehead atoms. The topological polar surface area (TPSA) is 78.4 Å². The van der Waals surface area contributed by atoms with Crippen LogP contribution in [0.25, 0.3) is 0 Å². The lowest BCUT2D eigenvalue weighted by Crippen LogP contribution is -2.27. The van der Waals surface area contributed by atoms with Gasteiger partial charge in [-0.05, 0) is 23.8 Å². The van der Waals surface area contributed by atoms with Crippen LogP contribution in [-0.4, -0.2) is 23.5 Å². The molecule has 0 saturated carbocycles. The summed E-state index contributed by atoms with van der Waals surface area (Å²) in [7, 11) is 0. The summed E-state index contributed by atoms with van der Waals surface area (Å²) < 4.78 is 0. The second-order valence-corrected chi connectivity index (χ2v) is 5.86. The van der Waals surface area contributed by atoms with Gasteiger partial charge in [0.25, 0.3) is 0 Å². The van der Waals surface area contributed by atoms with Crippen molar-refractivity contribution in [1.29, 1.82) is 0 Å². The molecule has 0 saturated heterocycles. The Morgan fingerprint density at radius 3 is 2.33 bits per heavy atom. The number of nitrogens with one attached hydrogen (secondary N) is 2. The number of anilines is 2.